The second kappa shape index (κ2) is 4.64. The lowest BCUT2D eigenvalue weighted by Gasteiger charge is -2.32. The van der Waals surface area contributed by atoms with Gasteiger partial charge in [-0.2, -0.15) is 0 Å². The molecule has 0 fully saturated rings. The summed E-state index contributed by atoms with van der Waals surface area (Å²) in [6, 6.07) is 8.65. The first-order chi connectivity index (χ1) is 7.31. The minimum Gasteiger partial charge on any atom is -0.370 e. The molecule has 3 heteroatoms. The molecule has 1 aliphatic rings. The number of nitrogens with zero attached hydrogens (tertiary/aromatic N) is 1. The summed E-state index contributed by atoms with van der Waals surface area (Å²) in [5, 5.41) is 0. The third kappa shape index (κ3) is 2.30. The van der Waals surface area contributed by atoms with Crippen molar-refractivity contribution in [1.82, 2.24) is 0 Å². The van der Waals surface area contributed by atoms with Crippen molar-refractivity contribution in [3.63, 3.8) is 0 Å². The zero-order valence-corrected chi connectivity index (χ0v) is 9.02. The van der Waals surface area contributed by atoms with E-state index >= 15 is 0 Å². The summed E-state index contributed by atoms with van der Waals surface area (Å²) in [6.07, 6.45) is 2.40. The van der Waals surface area contributed by atoms with Crippen molar-refractivity contribution in [2.24, 2.45) is 11.5 Å². The Balaban J connectivity index is 2.15. The zero-order chi connectivity index (χ0) is 10.7. The summed E-state index contributed by atoms with van der Waals surface area (Å²) in [5.74, 6) is 0. The van der Waals surface area contributed by atoms with Crippen LogP contribution >= 0.6 is 0 Å². The molecule has 0 radical (unpaired) electrons. The number of aryl methyl sites for hydroxylation is 1. The fourth-order valence-corrected chi connectivity index (χ4v) is 2.16. The van der Waals surface area contributed by atoms with Gasteiger partial charge in [0.25, 0.3) is 0 Å². The van der Waals surface area contributed by atoms with E-state index in [0.29, 0.717) is 6.54 Å². The van der Waals surface area contributed by atoms with Crippen molar-refractivity contribution < 1.29 is 0 Å². The highest BCUT2D eigenvalue weighted by molar-refractivity contribution is 5.55. The number of rotatable bonds is 3. The molecule has 1 aromatic carbocycles. The Kier molecular flexibility index (Phi) is 3.23. The van der Waals surface area contributed by atoms with Gasteiger partial charge in [0, 0.05) is 31.4 Å². The Morgan fingerprint density at radius 2 is 2.13 bits per heavy atom. The quantitative estimate of drug-likeness (QED) is 0.764. The molecule has 0 aliphatic carbocycles. The predicted molar refractivity (Wildman–Crippen MR) is 64.0 cm³/mol. The Morgan fingerprint density at radius 3 is 2.93 bits per heavy atom. The van der Waals surface area contributed by atoms with E-state index in [1.54, 1.807) is 0 Å². The summed E-state index contributed by atoms with van der Waals surface area (Å²) >= 11 is 0. The van der Waals surface area contributed by atoms with Crippen LogP contribution in [-0.2, 0) is 6.42 Å². The molecule has 1 atom stereocenters. The van der Waals surface area contributed by atoms with Gasteiger partial charge in [0.1, 0.15) is 0 Å². The first kappa shape index (κ1) is 10.5. The highest BCUT2D eigenvalue weighted by atomic mass is 15.1. The van der Waals surface area contributed by atoms with Gasteiger partial charge in [-0.1, -0.05) is 18.2 Å². The van der Waals surface area contributed by atoms with Gasteiger partial charge in [0.15, 0.2) is 0 Å². The summed E-state index contributed by atoms with van der Waals surface area (Å²) in [5.41, 5.74) is 14.2. The lowest BCUT2D eigenvalue weighted by molar-refractivity contribution is 0.609. The van der Waals surface area contributed by atoms with E-state index in [-0.39, 0.29) is 6.04 Å². The summed E-state index contributed by atoms with van der Waals surface area (Å²) < 4.78 is 0. The number of benzene rings is 1. The maximum atomic E-state index is 5.89. The van der Waals surface area contributed by atoms with Crippen LogP contribution in [0.15, 0.2) is 24.3 Å². The van der Waals surface area contributed by atoms with Crippen molar-refractivity contribution in [3.05, 3.63) is 29.8 Å². The SMILES string of the molecule is NCC(N)CN1CCCc2ccccc21. The first-order valence-electron chi connectivity index (χ1n) is 5.60. The molecule has 1 aliphatic heterocycles. The van der Waals surface area contributed by atoms with Crippen LogP contribution in [0, 0.1) is 0 Å². The van der Waals surface area contributed by atoms with Gasteiger partial charge < -0.3 is 16.4 Å². The van der Waals surface area contributed by atoms with Crippen molar-refractivity contribution >= 4 is 5.69 Å². The highest BCUT2D eigenvalue weighted by Crippen LogP contribution is 2.26. The third-order valence-corrected chi connectivity index (χ3v) is 2.96. The van der Waals surface area contributed by atoms with Crippen LogP contribution in [0.1, 0.15) is 12.0 Å². The van der Waals surface area contributed by atoms with Gasteiger partial charge in [0.05, 0.1) is 0 Å². The molecule has 82 valence electrons. The topological polar surface area (TPSA) is 55.3 Å². The number of fused-ring (bicyclic) bond motifs is 1. The van der Waals surface area contributed by atoms with Crippen molar-refractivity contribution in [3.8, 4) is 0 Å². The van der Waals surface area contributed by atoms with E-state index in [1.807, 2.05) is 0 Å². The smallest absolute Gasteiger partial charge is 0.0399 e. The predicted octanol–water partition coefficient (Wildman–Crippen LogP) is 0.725. The van der Waals surface area contributed by atoms with E-state index in [9.17, 15) is 0 Å². The molecule has 0 amide bonds. The van der Waals surface area contributed by atoms with Gasteiger partial charge in [-0.25, -0.2) is 0 Å². The van der Waals surface area contributed by atoms with Crippen LogP contribution in [0.4, 0.5) is 5.69 Å². The number of para-hydroxylation sites is 1. The molecule has 1 heterocycles. The second-order valence-corrected chi connectivity index (χ2v) is 4.17. The van der Waals surface area contributed by atoms with Gasteiger partial charge in [-0.05, 0) is 24.5 Å². The van der Waals surface area contributed by atoms with Crippen LogP contribution in [0.5, 0.6) is 0 Å². The van der Waals surface area contributed by atoms with E-state index in [2.05, 4.69) is 29.2 Å². The fourth-order valence-electron chi connectivity index (χ4n) is 2.16. The minimum absolute atomic E-state index is 0.0798. The molecular weight excluding hydrogens is 186 g/mol. The molecule has 0 spiro atoms. The monoisotopic (exact) mass is 205 g/mol. The van der Waals surface area contributed by atoms with Crippen LogP contribution in [0.3, 0.4) is 0 Å². The fraction of sp³-hybridized carbons (Fsp3) is 0.500. The number of anilines is 1. The normalized spacial score (nSPS) is 17.3. The lowest BCUT2D eigenvalue weighted by atomic mass is 10.0. The second-order valence-electron chi connectivity index (χ2n) is 4.17. The Bertz CT molecular complexity index is 324. The summed E-state index contributed by atoms with van der Waals surface area (Å²) in [4.78, 5) is 2.36. The molecule has 15 heavy (non-hydrogen) atoms. The first-order valence-corrected chi connectivity index (χ1v) is 5.60. The van der Waals surface area contributed by atoms with Gasteiger partial charge in [0.2, 0.25) is 0 Å². The summed E-state index contributed by atoms with van der Waals surface area (Å²) in [6.45, 7) is 2.52. The molecule has 0 bridgehead atoms. The molecule has 0 saturated heterocycles. The molecule has 1 aromatic rings. The van der Waals surface area contributed by atoms with Crippen molar-refractivity contribution in [1.29, 1.82) is 0 Å². The van der Waals surface area contributed by atoms with Crippen LogP contribution < -0.4 is 16.4 Å². The molecule has 2 rings (SSSR count). The van der Waals surface area contributed by atoms with Crippen molar-refractivity contribution in [2.45, 2.75) is 18.9 Å². The standard InChI is InChI=1S/C12H19N3/c13-8-11(14)9-15-7-3-5-10-4-1-2-6-12(10)15/h1-2,4,6,11H,3,5,7-9,13-14H2. The zero-order valence-electron chi connectivity index (χ0n) is 9.02. The maximum absolute atomic E-state index is 5.89. The molecule has 1 unspecified atom stereocenters. The average molecular weight is 205 g/mol. The third-order valence-electron chi connectivity index (χ3n) is 2.96. The Labute approximate surface area is 91.1 Å². The highest BCUT2D eigenvalue weighted by Gasteiger charge is 2.17. The molecule has 3 nitrogen and oxygen atoms in total. The minimum atomic E-state index is 0.0798. The molecule has 4 N–H and O–H groups in total. The van der Waals surface area contributed by atoms with Gasteiger partial charge in [-0.15, -0.1) is 0 Å². The van der Waals surface area contributed by atoms with Gasteiger partial charge >= 0.3 is 0 Å². The largest absolute Gasteiger partial charge is 0.370 e. The summed E-state index contributed by atoms with van der Waals surface area (Å²) in [7, 11) is 0. The van der Waals surface area contributed by atoms with Crippen LogP contribution in [0.2, 0.25) is 0 Å². The average Bonchev–Trinajstić information content (AvgIpc) is 2.29. The number of nitrogens with two attached hydrogens (primary N) is 2. The lowest BCUT2D eigenvalue weighted by Crippen LogP contribution is -2.44. The van der Waals surface area contributed by atoms with Gasteiger partial charge in [-0.3, -0.25) is 0 Å². The van der Waals surface area contributed by atoms with E-state index in [0.717, 1.165) is 13.1 Å². The number of hydrogen-bond acceptors (Lipinski definition) is 3. The van der Waals surface area contributed by atoms with Crippen molar-refractivity contribution in [2.75, 3.05) is 24.5 Å². The molecule has 0 saturated carbocycles. The molecular formula is C12H19N3. The van der Waals surface area contributed by atoms with E-state index in [1.165, 1.54) is 24.1 Å². The van der Waals surface area contributed by atoms with Crippen LogP contribution in [0.25, 0.3) is 0 Å². The molecule has 0 aromatic heterocycles. The van der Waals surface area contributed by atoms with E-state index < -0.39 is 0 Å². The van der Waals surface area contributed by atoms with E-state index in [4.69, 9.17) is 11.5 Å². The number of hydrogen-bond donors (Lipinski definition) is 2. The maximum Gasteiger partial charge on any atom is 0.0399 e. The van der Waals surface area contributed by atoms with Crippen LogP contribution in [-0.4, -0.2) is 25.7 Å². The Hall–Kier alpha value is -1.06. The Morgan fingerprint density at radius 1 is 1.33 bits per heavy atom.